The molecule has 0 saturated carbocycles. The molecule has 0 aliphatic heterocycles. The van der Waals surface area contributed by atoms with Gasteiger partial charge in [0.2, 0.25) is 0 Å². The summed E-state index contributed by atoms with van der Waals surface area (Å²) in [6.45, 7) is 0.183. The maximum absolute atomic E-state index is 10.9. The molecule has 0 aromatic rings. The number of carboxylic acids is 2. The summed E-state index contributed by atoms with van der Waals surface area (Å²) in [6.07, 6.45) is 0.168. The van der Waals surface area contributed by atoms with Crippen LogP contribution in [0, 0.1) is 0 Å². The molecule has 0 aromatic heterocycles. The second kappa shape index (κ2) is 7.77. The summed E-state index contributed by atoms with van der Waals surface area (Å²) in [5.41, 5.74) is 14.9. The van der Waals surface area contributed by atoms with E-state index >= 15 is 0 Å². The lowest BCUT2D eigenvalue weighted by Crippen LogP contribution is -2.51. The number of hydrogen-bond donors (Lipinski definition) is 5. The summed E-state index contributed by atoms with van der Waals surface area (Å²) in [5, 5.41) is 17.5. The second-order valence-electron chi connectivity index (χ2n) is 3.49. The predicted octanol–water partition coefficient (Wildman–Crippen LogP) is -1.09. The molecule has 100 valence electrons. The number of rotatable bonds is 9. The van der Waals surface area contributed by atoms with E-state index in [1.807, 2.05) is 0 Å². The zero-order valence-corrected chi connectivity index (χ0v) is 10.8. The fraction of sp³-hybridized carbons (Fsp3) is 0.750. The highest BCUT2D eigenvalue weighted by atomic mass is 33.1. The number of carbonyl (C=O) groups is 2. The third-order valence-corrected chi connectivity index (χ3v) is 4.54. The van der Waals surface area contributed by atoms with Crippen LogP contribution in [0.2, 0.25) is 0 Å². The fourth-order valence-electron chi connectivity index (χ4n) is 0.838. The van der Waals surface area contributed by atoms with Gasteiger partial charge < -0.3 is 27.4 Å². The molecule has 9 heteroatoms. The zero-order valence-electron chi connectivity index (χ0n) is 9.17. The molecule has 8 N–H and O–H groups in total. The first-order chi connectivity index (χ1) is 7.83. The second-order valence-corrected chi connectivity index (χ2v) is 6.00. The van der Waals surface area contributed by atoms with Gasteiger partial charge in [-0.3, -0.25) is 9.59 Å². The Morgan fingerprint density at radius 3 is 2.29 bits per heavy atom. The highest BCUT2D eigenvalue weighted by Crippen LogP contribution is 2.26. The third kappa shape index (κ3) is 6.13. The molecule has 0 spiro atoms. The molecule has 2 atom stereocenters. The van der Waals surface area contributed by atoms with Gasteiger partial charge in [-0.25, -0.2) is 0 Å². The van der Waals surface area contributed by atoms with Gasteiger partial charge in [-0.05, 0) is 13.0 Å². The molecule has 0 fully saturated rings. The van der Waals surface area contributed by atoms with Crippen molar-refractivity contribution >= 4 is 33.5 Å². The lowest BCUT2D eigenvalue weighted by molar-refractivity contribution is -0.142. The molecule has 0 aliphatic carbocycles. The van der Waals surface area contributed by atoms with Crippen molar-refractivity contribution in [2.45, 2.75) is 18.0 Å². The van der Waals surface area contributed by atoms with Crippen molar-refractivity contribution in [3.8, 4) is 0 Å². The van der Waals surface area contributed by atoms with Crippen LogP contribution in [0.25, 0.3) is 0 Å². The first-order valence-electron chi connectivity index (χ1n) is 4.78. The third-order valence-electron chi connectivity index (χ3n) is 1.98. The SMILES string of the molecule is NCC[C@](N)(CSSC[C@H](N)C(=O)O)C(=O)O. The average Bonchev–Trinajstić information content (AvgIpc) is 2.24. The molecular formula is C8H17N3O4S2. The molecule has 17 heavy (non-hydrogen) atoms. The number of hydrogen-bond acceptors (Lipinski definition) is 7. The van der Waals surface area contributed by atoms with Crippen LogP contribution in [-0.4, -0.2) is 51.8 Å². The standard InChI is InChI=1S/C8H17N3O4S2/c9-2-1-8(11,7(14)15)4-17-16-3-5(10)6(12)13/h5H,1-4,9-11H2,(H,12,13)(H,14,15)/t5-,8-/m0/s1. The van der Waals surface area contributed by atoms with E-state index in [4.69, 9.17) is 27.4 Å². The van der Waals surface area contributed by atoms with Gasteiger partial charge in [-0.2, -0.15) is 0 Å². The molecule has 0 radical (unpaired) electrons. The Balaban J connectivity index is 3.99. The van der Waals surface area contributed by atoms with E-state index < -0.39 is 23.5 Å². The maximum atomic E-state index is 10.9. The van der Waals surface area contributed by atoms with E-state index in [0.717, 1.165) is 0 Å². The van der Waals surface area contributed by atoms with Crippen LogP contribution in [0.5, 0.6) is 0 Å². The van der Waals surface area contributed by atoms with Crippen molar-refractivity contribution < 1.29 is 19.8 Å². The number of carboxylic acid groups (broad SMARTS) is 2. The molecular weight excluding hydrogens is 266 g/mol. The average molecular weight is 283 g/mol. The van der Waals surface area contributed by atoms with Gasteiger partial charge in [-0.1, -0.05) is 21.6 Å². The van der Waals surface area contributed by atoms with E-state index in [-0.39, 0.29) is 24.5 Å². The molecule has 0 saturated heterocycles. The van der Waals surface area contributed by atoms with Gasteiger partial charge >= 0.3 is 11.9 Å². The lowest BCUT2D eigenvalue weighted by atomic mass is 10.00. The maximum Gasteiger partial charge on any atom is 0.324 e. The number of nitrogens with two attached hydrogens (primary N) is 3. The van der Waals surface area contributed by atoms with Crippen LogP contribution < -0.4 is 17.2 Å². The minimum absolute atomic E-state index is 0.149. The Hall–Kier alpha value is -0.480. The van der Waals surface area contributed by atoms with E-state index in [0.29, 0.717) is 0 Å². The minimum atomic E-state index is -1.38. The molecule has 7 nitrogen and oxygen atoms in total. The van der Waals surface area contributed by atoms with E-state index in [2.05, 4.69) is 0 Å². The summed E-state index contributed by atoms with van der Waals surface area (Å²) in [6, 6.07) is -0.959. The molecule has 0 bridgehead atoms. The highest BCUT2D eigenvalue weighted by molar-refractivity contribution is 8.76. The molecule has 0 aromatic carbocycles. The van der Waals surface area contributed by atoms with Gasteiger partial charge in [0.1, 0.15) is 11.6 Å². The smallest absolute Gasteiger partial charge is 0.324 e. The number of aliphatic carboxylic acids is 2. The topological polar surface area (TPSA) is 153 Å². The van der Waals surface area contributed by atoms with Crippen molar-refractivity contribution in [1.82, 2.24) is 0 Å². The summed E-state index contributed by atoms with van der Waals surface area (Å²) in [7, 11) is 2.37. The Morgan fingerprint density at radius 1 is 1.29 bits per heavy atom. The van der Waals surface area contributed by atoms with Gasteiger partial charge in [0.05, 0.1) is 0 Å². The molecule has 0 heterocycles. The van der Waals surface area contributed by atoms with E-state index in [1.54, 1.807) is 0 Å². The first-order valence-corrected chi connectivity index (χ1v) is 7.27. The molecule has 0 aliphatic rings. The van der Waals surface area contributed by atoms with Crippen molar-refractivity contribution in [2.24, 2.45) is 17.2 Å². The summed E-state index contributed by atoms with van der Waals surface area (Å²) < 4.78 is 0. The van der Waals surface area contributed by atoms with Crippen LogP contribution in [-0.2, 0) is 9.59 Å². The summed E-state index contributed by atoms with van der Waals surface area (Å²) in [5.74, 6) is -1.86. The Labute approximate surface area is 107 Å². The largest absolute Gasteiger partial charge is 0.480 e. The highest BCUT2D eigenvalue weighted by Gasteiger charge is 2.33. The molecule has 0 unspecified atom stereocenters. The van der Waals surface area contributed by atoms with Crippen LogP contribution in [0.15, 0.2) is 0 Å². The van der Waals surface area contributed by atoms with Gasteiger partial charge in [0.25, 0.3) is 0 Å². The van der Waals surface area contributed by atoms with Gasteiger partial charge in [0.15, 0.2) is 0 Å². The fourth-order valence-corrected chi connectivity index (χ4v) is 3.39. The molecule has 0 rings (SSSR count). The minimum Gasteiger partial charge on any atom is -0.480 e. The summed E-state index contributed by atoms with van der Waals surface area (Å²) in [4.78, 5) is 21.3. The van der Waals surface area contributed by atoms with Crippen molar-refractivity contribution in [3.63, 3.8) is 0 Å². The van der Waals surface area contributed by atoms with Crippen LogP contribution in [0.3, 0.4) is 0 Å². The Bertz CT molecular complexity index is 279. The van der Waals surface area contributed by atoms with Crippen LogP contribution >= 0.6 is 21.6 Å². The van der Waals surface area contributed by atoms with Crippen molar-refractivity contribution in [3.05, 3.63) is 0 Å². The normalized spacial score (nSPS) is 16.2. The zero-order chi connectivity index (χ0) is 13.5. The van der Waals surface area contributed by atoms with Crippen molar-refractivity contribution in [1.29, 1.82) is 0 Å². The van der Waals surface area contributed by atoms with Crippen LogP contribution in [0.1, 0.15) is 6.42 Å². The van der Waals surface area contributed by atoms with E-state index in [1.165, 1.54) is 21.6 Å². The summed E-state index contributed by atoms with van der Waals surface area (Å²) >= 11 is 0. The monoisotopic (exact) mass is 283 g/mol. The quantitative estimate of drug-likeness (QED) is 0.262. The Morgan fingerprint density at radius 2 is 1.88 bits per heavy atom. The van der Waals surface area contributed by atoms with Crippen molar-refractivity contribution in [2.75, 3.05) is 18.1 Å². The lowest BCUT2D eigenvalue weighted by Gasteiger charge is -2.23. The van der Waals surface area contributed by atoms with Gasteiger partial charge in [0, 0.05) is 11.5 Å². The van der Waals surface area contributed by atoms with Gasteiger partial charge in [-0.15, -0.1) is 0 Å². The van der Waals surface area contributed by atoms with E-state index in [9.17, 15) is 9.59 Å². The Kier molecular flexibility index (Phi) is 7.55. The predicted molar refractivity (Wildman–Crippen MR) is 68.8 cm³/mol. The molecule has 0 amide bonds. The first kappa shape index (κ1) is 16.5. The van der Waals surface area contributed by atoms with Crippen LogP contribution in [0.4, 0.5) is 0 Å².